The predicted octanol–water partition coefficient (Wildman–Crippen LogP) is 3.05. The van der Waals surface area contributed by atoms with Crippen LogP contribution in [0.1, 0.15) is 37.7 Å². The fraction of sp³-hybridized carbons (Fsp3) is 0.684. The minimum absolute atomic E-state index is 0.132. The van der Waals surface area contributed by atoms with E-state index >= 15 is 0 Å². The minimum atomic E-state index is -0.154. The molecule has 3 aliphatic rings. The molecule has 4 heteroatoms. The summed E-state index contributed by atoms with van der Waals surface area (Å²) in [4.78, 5) is 5.12. The molecule has 3 aliphatic heterocycles. The van der Waals surface area contributed by atoms with Crippen molar-refractivity contribution < 1.29 is 9.13 Å². The second-order valence-electron chi connectivity index (χ2n) is 7.50. The minimum Gasteiger partial charge on any atom is -0.373 e. The SMILES string of the molecule is Fc1ccc(CN2CCC3(CC2)C[C@@H](N2CCCC2)CO3)cc1. The van der Waals surface area contributed by atoms with E-state index in [-0.39, 0.29) is 11.4 Å². The number of rotatable bonds is 3. The molecule has 1 aromatic rings. The zero-order valence-electron chi connectivity index (χ0n) is 13.8. The topological polar surface area (TPSA) is 15.7 Å². The molecule has 126 valence electrons. The predicted molar refractivity (Wildman–Crippen MR) is 88.8 cm³/mol. The van der Waals surface area contributed by atoms with Crippen LogP contribution in [-0.4, -0.2) is 54.2 Å². The Bertz CT molecular complexity index is 519. The van der Waals surface area contributed by atoms with Crippen LogP contribution in [-0.2, 0) is 11.3 Å². The van der Waals surface area contributed by atoms with E-state index in [1.54, 1.807) is 12.1 Å². The van der Waals surface area contributed by atoms with Crippen LogP contribution in [0, 0.1) is 5.82 Å². The lowest BCUT2D eigenvalue weighted by Gasteiger charge is -2.39. The summed E-state index contributed by atoms with van der Waals surface area (Å²) in [5.41, 5.74) is 1.33. The van der Waals surface area contributed by atoms with Crippen molar-refractivity contribution in [2.45, 2.75) is 50.3 Å². The van der Waals surface area contributed by atoms with Gasteiger partial charge in [0, 0.05) is 25.7 Å². The summed E-state index contributed by atoms with van der Waals surface area (Å²) < 4.78 is 19.3. The molecule has 0 aliphatic carbocycles. The smallest absolute Gasteiger partial charge is 0.123 e. The van der Waals surface area contributed by atoms with Crippen molar-refractivity contribution in [2.24, 2.45) is 0 Å². The van der Waals surface area contributed by atoms with E-state index in [0.29, 0.717) is 6.04 Å². The van der Waals surface area contributed by atoms with Gasteiger partial charge < -0.3 is 4.74 Å². The molecule has 3 nitrogen and oxygen atoms in total. The van der Waals surface area contributed by atoms with Gasteiger partial charge in [0.15, 0.2) is 0 Å². The largest absolute Gasteiger partial charge is 0.373 e. The highest BCUT2D eigenvalue weighted by Gasteiger charge is 2.44. The molecule has 1 spiro atoms. The maximum absolute atomic E-state index is 13.0. The van der Waals surface area contributed by atoms with Crippen LogP contribution in [0.15, 0.2) is 24.3 Å². The fourth-order valence-electron chi connectivity index (χ4n) is 4.48. The molecular formula is C19H27FN2O. The van der Waals surface area contributed by atoms with Crippen molar-refractivity contribution >= 4 is 0 Å². The van der Waals surface area contributed by atoms with Crippen molar-refractivity contribution in [3.63, 3.8) is 0 Å². The van der Waals surface area contributed by atoms with Crippen LogP contribution in [0.2, 0.25) is 0 Å². The number of ether oxygens (including phenoxy) is 1. The van der Waals surface area contributed by atoms with Crippen LogP contribution in [0.4, 0.5) is 4.39 Å². The molecule has 0 unspecified atom stereocenters. The Morgan fingerprint density at radius 3 is 2.43 bits per heavy atom. The van der Waals surface area contributed by atoms with E-state index in [1.165, 1.54) is 37.9 Å². The van der Waals surface area contributed by atoms with Crippen LogP contribution in [0.3, 0.4) is 0 Å². The standard InChI is InChI=1S/C19H27FN2O/c20-17-5-3-16(4-6-17)14-21-11-7-19(8-12-21)13-18(15-23-19)22-9-1-2-10-22/h3-6,18H,1-2,7-15H2/t18-/m1/s1. The second-order valence-corrected chi connectivity index (χ2v) is 7.50. The van der Waals surface area contributed by atoms with Crippen LogP contribution in [0.25, 0.3) is 0 Å². The number of hydrogen-bond donors (Lipinski definition) is 0. The average molecular weight is 318 g/mol. The summed E-state index contributed by atoms with van der Waals surface area (Å²) in [5.74, 6) is -0.154. The molecule has 0 radical (unpaired) electrons. The monoisotopic (exact) mass is 318 g/mol. The van der Waals surface area contributed by atoms with Crippen molar-refractivity contribution in [1.29, 1.82) is 0 Å². The van der Waals surface area contributed by atoms with Crippen molar-refractivity contribution in [3.8, 4) is 0 Å². The number of hydrogen-bond acceptors (Lipinski definition) is 3. The highest BCUT2D eigenvalue weighted by molar-refractivity contribution is 5.16. The third-order valence-electron chi connectivity index (χ3n) is 5.93. The van der Waals surface area contributed by atoms with Gasteiger partial charge in [-0.15, -0.1) is 0 Å². The first kappa shape index (κ1) is 15.6. The van der Waals surface area contributed by atoms with Gasteiger partial charge in [0.2, 0.25) is 0 Å². The average Bonchev–Trinajstić information content (AvgIpc) is 3.22. The van der Waals surface area contributed by atoms with Crippen LogP contribution < -0.4 is 0 Å². The van der Waals surface area contributed by atoms with Crippen molar-refractivity contribution in [2.75, 3.05) is 32.8 Å². The van der Waals surface area contributed by atoms with E-state index in [9.17, 15) is 4.39 Å². The van der Waals surface area contributed by atoms with E-state index in [4.69, 9.17) is 4.74 Å². The summed E-state index contributed by atoms with van der Waals surface area (Å²) in [6.07, 6.45) is 6.21. The lowest BCUT2D eigenvalue weighted by molar-refractivity contribution is -0.0452. The van der Waals surface area contributed by atoms with Gasteiger partial charge in [-0.25, -0.2) is 4.39 Å². The molecule has 3 fully saturated rings. The normalized spacial score (nSPS) is 28.7. The zero-order chi connectivity index (χ0) is 15.7. The Hall–Kier alpha value is -0.970. The number of halogens is 1. The Balaban J connectivity index is 1.29. The fourth-order valence-corrected chi connectivity index (χ4v) is 4.48. The first-order chi connectivity index (χ1) is 11.2. The quantitative estimate of drug-likeness (QED) is 0.852. The molecule has 0 bridgehead atoms. The highest BCUT2D eigenvalue weighted by Crippen LogP contribution is 2.38. The molecule has 0 amide bonds. The van der Waals surface area contributed by atoms with Crippen LogP contribution in [0.5, 0.6) is 0 Å². The number of nitrogens with zero attached hydrogens (tertiary/aromatic N) is 2. The van der Waals surface area contributed by atoms with Gasteiger partial charge in [-0.3, -0.25) is 9.80 Å². The Morgan fingerprint density at radius 1 is 1.04 bits per heavy atom. The van der Waals surface area contributed by atoms with Crippen LogP contribution >= 0.6 is 0 Å². The molecule has 1 aromatic carbocycles. The molecule has 1 atom stereocenters. The Labute approximate surface area is 138 Å². The number of piperidine rings is 1. The maximum Gasteiger partial charge on any atom is 0.123 e. The lowest BCUT2D eigenvalue weighted by atomic mass is 9.87. The van der Waals surface area contributed by atoms with Gasteiger partial charge in [0.25, 0.3) is 0 Å². The molecule has 3 saturated heterocycles. The first-order valence-electron chi connectivity index (χ1n) is 9.07. The van der Waals surface area contributed by atoms with Gasteiger partial charge in [-0.2, -0.15) is 0 Å². The molecule has 3 heterocycles. The second kappa shape index (κ2) is 6.50. The summed E-state index contributed by atoms with van der Waals surface area (Å²) in [7, 11) is 0. The summed E-state index contributed by atoms with van der Waals surface area (Å²) >= 11 is 0. The van der Waals surface area contributed by atoms with Gasteiger partial charge >= 0.3 is 0 Å². The molecule has 0 N–H and O–H groups in total. The van der Waals surface area contributed by atoms with Crippen molar-refractivity contribution in [1.82, 2.24) is 9.80 Å². The van der Waals surface area contributed by atoms with E-state index < -0.39 is 0 Å². The summed E-state index contributed by atoms with van der Waals surface area (Å²) in [5, 5.41) is 0. The third kappa shape index (κ3) is 3.44. The molecular weight excluding hydrogens is 291 g/mol. The van der Waals surface area contributed by atoms with Crippen molar-refractivity contribution in [3.05, 3.63) is 35.6 Å². The third-order valence-corrected chi connectivity index (χ3v) is 5.93. The van der Waals surface area contributed by atoms with E-state index in [1.807, 2.05) is 12.1 Å². The Morgan fingerprint density at radius 2 is 1.74 bits per heavy atom. The number of likely N-dealkylation sites (tertiary alicyclic amines) is 2. The molecule has 0 aromatic heterocycles. The first-order valence-corrected chi connectivity index (χ1v) is 9.07. The summed E-state index contributed by atoms with van der Waals surface area (Å²) in [6, 6.07) is 7.56. The van der Waals surface area contributed by atoms with Gasteiger partial charge in [0.1, 0.15) is 5.82 Å². The molecule has 23 heavy (non-hydrogen) atoms. The zero-order valence-corrected chi connectivity index (χ0v) is 13.8. The van der Waals surface area contributed by atoms with E-state index in [0.717, 1.165) is 39.1 Å². The van der Waals surface area contributed by atoms with Gasteiger partial charge in [0.05, 0.1) is 12.2 Å². The maximum atomic E-state index is 13.0. The summed E-state index contributed by atoms with van der Waals surface area (Å²) in [6.45, 7) is 6.56. The lowest BCUT2D eigenvalue weighted by Crippen LogP contribution is -2.44. The van der Waals surface area contributed by atoms with E-state index in [2.05, 4.69) is 9.80 Å². The Kier molecular flexibility index (Phi) is 4.39. The molecule has 4 rings (SSSR count). The van der Waals surface area contributed by atoms with Gasteiger partial charge in [-0.05, 0) is 62.9 Å². The highest BCUT2D eigenvalue weighted by atomic mass is 19.1. The number of benzene rings is 1. The molecule has 0 saturated carbocycles. The van der Waals surface area contributed by atoms with Gasteiger partial charge in [-0.1, -0.05) is 12.1 Å².